The average molecular weight is 287 g/mol. The van der Waals surface area contributed by atoms with E-state index in [1.807, 2.05) is 12.1 Å². The van der Waals surface area contributed by atoms with Crippen LogP contribution in [0.4, 0.5) is 0 Å². The molecule has 0 bridgehead atoms. The third-order valence-electron chi connectivity index (χ3n) is 2.42. The van der Waals surface area contributed by atoms with Crippen LogP contribution < -0.4 is 5.32 Å². The van der Waals surface area contributed by atoms with E-state index in [0.29, 0.717) is 26.2 Å². The van der Waals surface area contributed by atoms with Gasteiger partial charge in [0.25, 0.3) is 0 Å². The van der Waals surface area contributed by atoms with Crippen LogP contribution in [-0.2, 0) is 32.0 Å². The summed E-state index contributed by atoms with van der Waals surface area (Å²) in [7, 11) is 3.06. The Morgan fingerprint density at radius 2 is 2.00 bits per heavy atom. The van der Waals surface area contributed by atoms with Crippen LogP contribution in [0, 0.1) is 0 Å². The molecule has 108 valence electrons. The molecule has 0 aliphatic rings. The van der Waals surface area contributed by atoms with Crippen LogP contribution in [0.1, 0.15) is 9.75 Å². The van der Waals surface area contributed by atoms with E-state index in [-0.39, 0.29) is 5.97 Å². The van der Waals surface area contributed by atoms with Crippen molar-refractivity contribution in [3.63, 3.8) is 0 Å². The van der Waals surface area contributed by atoms with Crippen molar-refractivity contribution in [3.8, 4) is 0 Å². The van der Waals surface area contributed by atoms with E-state index >= 15 is 0 Å². The zero-order valence-corrected chi connectivity index (χ0v) is 12.3. The molecule has 0 saturated heterocycles. The van der Waals surface area contributed by atoms with Crippen molar-refractivity contribution in [1.82, 2.24) is 5.32 Å². The van der Waals surface area contributed by atoms with Crippen molar-refractivity contribution in [2.24, 2.45) is 0 Å². The van der Waals surface area contributed by atoms with Gasteiger partial charge < -0.3 is 19.5 Å². The van der Waals surface area contributed by atoms with Gasteiger partial charge in [0.1, 0.15) is 0 Å². The highest BCUT2D eigenvalue weighted by molar-refractivity contribution is 7.12. The highest BCUT2D eigenvalue weighted by Gasteiger charge is 2.05. The van der Waals surface area contributed by atoms with Crippen molar-refractivity contribution in [1.29, 1.82) is 0 Å². The lowest BCUT2D eigenvalue weighted by molar-refractivity contribution is -0.139. The Morgan fingerprint density at radius 1 is 1.21 bits per heavy atom. The summed E-state index contributed by atoms with van der Waals surface area (Å²) in [6.07, 6.45) is 0.349. The summed E-state index contributed by atoms with van der Waals surface area (Å²) in [5.41, 5.74) is 0. The molecule has 1 N–H and O–H groups in total. The van der Waals surface area contributed by atoms with Gasteiger partial charge in [0.2, 0.25) is 0 Å². The van der Waals surface area contributed by atoms with E-state index < -0.39 is 0 Å². The van der Waals surface area contributed by atoms with Gasteiger partial charge >= 0.3 is 5.97 Å². The van der Waals surface area contributed by atoms with Crippen molar-refractivity contribution in [2.75, 3.05) is 40.6 Å². The summed E-state index contributed by atoms with van der Waals surface area (Å²) in [5, 5.41) is 3.29. The fourth-order valence-corrected chi connectivity index (χ4v) is 2.40. The molecular formula is C13H21NO4S. The molecule has 1 heterocycles. The normalized spacial score (nSPS) is 10.6. The van der Waals surface area contributed by atoms with Crippen LogP contribution >= 0.6 is 11.3 Å². The minimum absolute atomic E-state index is 0.201. The molecule has 0 unspecified atom stereocenters. The van der Waals surface area contributed by atoms with Gasteiger partial charge in [-0.15, -0.1) is 11.3 Å². The minimum Gasteiger partial charge on any atom is -0.469 e. The largest absolute Gasteiger partial charge is 0.469 e. The summed E-state index contributed by atoms with van der Waals surface area (Å²) >= 11 is 1.62. The van der Waals surface area contributed by atoms with Crippen molar-refractivity contribution in [2.45, 2.75) is 13.0 Å². The van der Waals surface area contributed by atoms with Gasteiger partial charge in [-0.1, -0.05) is 0 Å². The Labute approximate surface area is 117 Å². The summed E-state index contributed by atoms with van der Waals surface area (Å²) in [6.45, 7) is 3.51. The van der Waals surface area contributed by atoms with Crippen LogP contribution in [0.3, 0.4) is 0 Å². The fourth-order valence-electron chi connectivity index (χ4n) is 1.43. The maximum absolute atomic E-state index is 11.1. The number of carbonyl (C=O) groups excluding carboxylic acids is 1. The van der Waals surface area contributed by atoms with Gasteiger partial charge in [-0.05, 0) is 12.1 Å². The van der Waals surface area contributed by atoms with E-state index in [9.17, 15) is 4.79 Å². The van der Waals surface area contributed by atoms with E-state index in [2.05, 4.69) is 10.1 Å². The minimum atomic E-state index is -0.201. The first-order valence-electron chi connectivity index (χ1n) is 6.18. The Kier molecular flexibility index (Phi) is 8.40. The third-order valence-corrected chi connectivity index (χ3v) is 3.50. The van der Waals surface area contributed by atoms with Gasteiger partial charge in [-0.2, -0.15) is 0 Å². The molecule has 1 aromatic heterocycles. The summed E-state index contributed by atoms with van der Waals surface area (Å²) in [6, 6.07) is 4.00. The number of carbonyl (C=O) groups is 1. The Balaban J connectivity index is 2.11. The average Bonchev–Trinajstić information content (AvgIpc) is 2.85. The number of hydrogen-bond donors (Lipinski definition) is 1. The zero-order valence-electron chi connectivity index (χ0n) is 11.4. The zero-order chi connectivity index (χ0) is 13.9. The maximum atomic E-state index is 11.1. The quantitative estimate of drug-likeness (QED) is 0.518. The van der Waals surface area contributed by atoms with Crippen LogP contribution in [-0.4, -0.2) is 46.6 Å². The van der Waals surface area contributed by atoms with E-state index in [1.165, 1.54) is 12.0 Å². The molecule has 0 saturated carbocycles. The third kappa shape index (κ3) is 7.27. The van der Waals surface area contributed by atoms with Crippen LogP contribution in [0.25, 0.3) is 0 Å². The molecule has 0 aromatic carbocycles. The molecule has 6 heteroatoms. The predicted molar refractivity (Wildman–Crippen MR) is 74.4 cm³/mol. The number of methoxy groups -OCH3 is 2. The number of thiophene rings is 1. The van der Waals surface area contributed by atoms with Gasteiger partial charge in [0.05, 0.1) is 33.4 Å². The van der Waals surface area contributed by atoms with Crippen LogP contribution in [0.5, 0.6) is 0 Å². The van der Waals surface area contributed by atoms with Crippen LogP contribution in [0.2, 0.25) is 0 Å². The van der Waals surface area contributed by atoms with Gasteiger partial charge in [-0.3, -0.25) is 4.79 Å². The standard InChI is InChI=1S/C13H21NO4S/c1-16-7-8-18-6-5-14-10-12-4-3-11(19-12)9-13(15)17-2/h3-4,14H,5-10H2,1-2H3. The second-order valence-corrected chi connectivity index (χ2v) is 5.16. The lowest BCUT2D eigenvalue weighted by Gasteiger charge is -2.04. The van der Waals surface area contributed by atoms with Gasteiger partial charge in [0, 0.05) is 30.0 Å². The second-order valence-electron chi connectivity index (χ2n) is 3.90. The van der Waals surface area contributed by atoms with Gasteiger partial charge in [-0.25, -0.2) is 0 Å². The molecule has 0 radical (unpaired) electrons. The summed E-state index contributed by atoms with van der Waals surface area (Å²) in [5.74, 6) is -0.201. The summed E-state index contributed by atoms with van der Waals surface area (Å²) < 4.78 is 14.9. The van der Waals surface area contributed by atoms with E-state index in [4.69, 9.17) is 9.47 Å². The SMILES string of the molecule is COCCOCCNCc1ccc(CC(=O)OC)s1. The van der Waals surface area contributed by atoms with Crippen molar-refractivity contribution < 1.29 is 19.0 Å². The van der Waals surface area contributed by atoms with Crippen LogP contribution in [0.15, 0.2) is 12.1 Å². The molecular weight excluding hydrogens is 266 g/mol. The van der Waals surface area contributed by atoms with Crippen molar-refractivity contribution in [3.05, 3.63) is 21.9 Å². The summed E-state index contributed by atoms with van der Waals surface area (Å²) in [4.78, 5) is 13.4. The number of nitrogens with one attached hydrogen (secondary N) is 1. The smallest absolute Gasteiger partial charge is 0.310 e. The molecule has 1 aromatic rings. The maximum Gasteiger partial charge on any atom is 0.310 e. The first-order chi connectivity index (χ1) is 9.26. The molecule has 0 aliphatic heterocycles. The molecule has 19 heavy (non-hydrogen) atoms. The molecule has 0 atom stereocenters. The fraction of sp³-hybridized carbons (Fsp3) is 0.615. The Bertz CT molecular complexity index is 367. The lowest BCUT2D eigenvalue weighted by Crippen LogP contribution is -2.19. The molecule has 1 rings (SSSR count). The lowest BCUT2D eigenvalue weighted by atomic mass is 10.3. The second kappa shape index (κ2) is 9.91. The number of hydrogen-bond acceptors (Lipinski definition) is 6. The Morgan fingerprint density at radius 3 is 2.74 bits per heavy atom. The Hall–Kier alpha value is -0.950. The number of ether oxygens (including phenoxy) is 3. The molecule has 0 spiro atoms. The highest BCUT2D eigenvalue weighted by atomic mass is 32.1. The first kappa shape index (κ1) is 16.1. The number of rotatable bonds is 10. The monoisotopic (exact) mass is 287 g/mol. The molecule has 5 nitrogen and oxygen atoms in total. The first-order valence-corrected chi connectivity index (χ1v) is 6.99. The van der Waals surface area contributed by atoms with Gasteiger partial charge in [0.15, 0.2) is 0 Å². The molecule has 0 aliphatic carbocycles. The molecule has 0 fully saturated rings. The number of esters is 1. The predicted octanol–water partition coefficient (Wildman–Crippen LogP) is 1.22. The topological polar surface area (TPSA) is 56.8 Å². The molecule has 0 amide bonds. The van der Waals surface area contributed by atoms with E-state index in [0.717, 1.165) is 18.0 Å². The van der Waals surface area contributed by atoms with Crippen molar-refractivity contribution >= 4 is 17.3 Å². The van der Waals surface area contributed by atoms with E-state index in [1.54, 1.807) is 18.4 Å². The highest BCUT2D eigenvalue weighted by Crippen LogP contribution is 2.17.